The van der Waals surface area contributed by atoms with E-state index in [4.69, 9.17) is 0 Å². The zero-order chi connectivity index (χ0) is 20.9. The van der Waals surface area contributed by atoms with Crippen LogP contribution in [0.25, 0.3) is 0 Å². The second kappa shape index (κ2) is 9.43. The SMILES string of the molecule is Cn1ncc(N2CCCC(CC(=O)N3CCN(Cc4ccccc4)CC3)C2)cc1=O. The van der Waals surface area contributed by atoms with Crippen molar-refractivity contribution < 1.29 is 4.79 Å². The van der Waals surface area contributed by atoms with Gasteiger partial charge in [0, 0.05) is 65.3 Å². The largest absolute Gasteiger partial charge is 0.370 e. The van der Waals surface area contributed by atoms with E-state index in [0.717, 1.165) is 64.3 Å². The van der Waals surface area contributed by atoms with Crippen LogP contribution < -0.4 is 10.5 Å². The number of nitrogens with zero attached hydrogens (tertiary/aromatic N) is 5. The third-order valence-corrected chi connectivity index (χ3v) is 6.27. The van der Waals surface area contributed by atoms with Gasteiger partial charge >= 0.3 is 0 Å². The summed E-state index contributed by atoms with van der Waals surface area (Å²) < 4.78 is 1.34. The first-order chi connectivity index (χ1) is 14.6. The Morgan fingerprint density at radius 3 is 2.60 bits per heavy atom. The van der Waals surface area contributed by atoms with E-state index in [2.05, 4.69) is 39.2 Å². The molecule has 0 spiro atoms. The molecule has 0 radical (unpaired) electrons. The molecule has 7 heteroatoms. The van der Waals surface area contributed by atoms with Crippen LogP contribution in [0.5, 0.6) is 0 Å². The second-order valence-electron chi connectivity index (χ2n) is 8.48. The molecule has 0 N–H and O–H groups in total. The van der Waals surface area contributed by atoms with E-state index >= 15 is 0 Å². The molecule has 3 heterocycles. The van der Waals surface area contributed by atoms with Gasteiger partial charge in [0.2, 0.25) is 5.91 Å². The minimum atomic E-state index is -0.0981. The van der Waals surface area contributed by atoms with Crippen molar-refractivity contribution in [3.8, 4) is 0 Å². The Kier molecular flexibility index (Phi) is 6.47. The minimum Gasteiger partial charge on any atom is -0.370 e. The van der Waals surface area contributed by atoms with E-state index in [1.54, 1.807) is 19.3 Å². The summed E-state index contributed by atoms with van der Waals surface area (Å²) >= 11 is 0. The van der Waals surface area contributed by atoms with Crippen molar-refractivity contribution in [3.63, 3.8) is 0 Å². The lowest BCUT2D eigenvalue weighted by Gasteiger charge is -2.37. The molecule has 1 atom stereocenters. The van der Waals surface area contributed by atoms with Gasteiger partial charge in [-0.3, -0.25) is 14.5 Å². The first kappa shape index (κ1) is 20.6. The van der Waals surface area contributed by atoms with Crippen LogP contribution in [0.3, 0.4) is 0 Å². The minimum absolute atomic E-state index is 0.0981. The van der Waals surface area contributed by atoms with E-state index in [-0.39, 0.29) is 11.5 Å². The van der Waals surface area contributed by atoms with Crippen molar-refractivity contribution in [3.05, 3.63) is 58.5 Å². The van der Waals surface area contributed by atoms with Gasteiger partial charge in [-0.1, -0.05) is 30.3 Å². The van der Waals surface area contributed by atoms with Crippen molar-refractivity contribution in [1.29, 1.82) is 0 Å². The standard InChI is InChI=1S/C23H31N5O2/c1-25-22(29)15-21(16-24-25)28-9-5-8-20(18-28)14-23(30)27-12-10-26(11-13-27)17-19-6-3-2-4-7-19/h2-4,6-7,15-16,20H,5,8-14,17-18H2,1H3. The average molecular weight is 410 g/mol. The van der Waals surface area contributed by atoms with Crippen LogP contribution in [-0.4, -0.2) is 64.8 Å². The van der Waals surface area contributed by atoms with Crippen LogP contribution in [0.1, 0.15) is 24.8 Å². The Hall–Kier alpha value is -2.67. The van der Waals surface area contributed by atoms with E-state index in [0.29, 0.717) is 12.3 Å². The van der Waals surface area contributed by atoms with Crippen molar-refractivity contribution in [1.82, 2.24) is 19.6 Å². The Balaban J connectivity index is 1.26. The molecule has 1 unspecified atom stereocenters. The quantitative estimate of drug-likeness (QED) is 0.753. The zero-order valence-corrected chi connectivity index (χ0v) is 17.7. The third kappa shape index (κ3) is 5.08. The number of piperazine rings is 1. The summed E-state index contributed by atoms with van der Waals surface area (Å²) in [6.45, 7) is 6.14. The Morgan fingerprint density at radius 2 is 1.87 bits per heavy atom. The predicted molar refractivity (Wildman–Crippen MR) is 117 cm³/mol. The molecule has 30 heavy (non-hydrogen) atoms. The van der Waals surface area contributed by atoms with Crippen LogP contribution in [-0.2, 0) is 18.4 Å². The Morgan fingerprint density at radius 1 is 1.10 bits per heavy atom. The second-order valence-corrected chi connectivity index (χ2v) is 8.48. The normalized spacial score (nSPS) is 20.4. The number of aromatic nitrogens is 2. The molecule has 1 amide bonds. The lowest BCUT2D eigenvalue weighted by atomic mass is 9.93. The third-order valence-electron chi connectivity index (χ3n) is 6.27. The number of carbonyl (C=O) groups is 1. The van der Waals surface area contributed by atoms with Gasteiger partial charge in [-0.2, -0.15) is 5.10 Å². The number of rotatable bonds is 5. The molecule has 160 valence electrons. The highest BCUT2D eigenvalue weighted by Crippen LogP contribution is 2.24. The number of amides is 1. The lowest BCUT2D eigenvalue weighted by molar-refractivity contribution is -0.134. The number of anilines is 1. The van der Waals surface area contributed by atoms with E-state index in [1.807, 2.05) is 11.0 Å². The van der Waals surface area contributed by atoms with Gasteiger partial charge in [0.1, 0.15) is 0 Å². The Labute approximate surface area is 177 Å². The van der Waals surface area contributed by atoms with Crippen molar-refractivity contribution in [2.45, 2.75) is 25.8 Å². The molecule has 1 aromatic carbocycles. The first-order valence-corrected chi connectivity index (χ1v) is 10.9. The molecule has 0 aliphatic carbocycles. The zero-order valence-electron chi connectivity index (χ0n) is 17.7. The Bertz CT molecular complexity index is 905. The summed E-state index contributed by atoms with van der Waals surface area (Å²) in [5.41, 5.74) is 2.09. The first-order valence-electron chi connectivity index (χ1n) is 10.9. The monoisotopic (exact) mass is 409 g/mol. The molecule has 4 rings (SSSR count). The number of hydrogen-bond donors (Lipinski definition) is 0. The number of hydrogen-bond acceptors (Lipinski definition) is 5. The van der Waals surface area contributed by atoms with Gasteiger partial charge in [-0.15, -0.1) is 0 Å². The van der Waals surface area contributed by atoms with Crippen molar-refractivity contribution in [2.75, 3.05) is 44.2 Å². The molecule has 2 aromatic rings. The fraction of sp³-hybridized carbons (Fsp3) is 0.522. The van der Waals surface area contributed by atoms with Gasteiger partial charge in [0.25, 0.3) is 5.56 Å². The predicted octanol–water partition coefficient (Wildman–Crippen LogP) is 1.73. The van der Waals surface area contributed by atoms with Gasteiger partial charge < -0.3 is 9.80 Å². The summed E-state index contributed by atoms with van der Waals surface area (Å²) in [5, 5.41) is 4.13. The molecule has 2 aliphatic rings. The lowest BCUT2D eigenvalue weighted by Crippen LogP contribution is -2.49. The van der Waals surface area contributed by atoms with E-state index in [9.17, 15) is 9.59 Å². The van der Waals surface area contributed by atoms with Gasteiger partial charge in [0.15, 0.2) is 0 Å². The molecule has 0 saturated carbocycles. The number of carbonyl (C=O) groups excluding carboxylic acids is 1. The van der Waals surface area contributed by atoms with Crippen molar-refractivity contribution in [2.24, 2.45) is 13.0 Å². The molecule has 0 bridgehead atoms. The van der Waals surface area contributed by atoms with E-state index in [1.165, 1.54) is 10.2 Å². The highest BCUT2D eigenvalue weighted by molar-refractivity contribution is 5.76. The van der Waals surface area contributed by atoms with Crippen LogP contribution in [0, 0.1) is 5.92 Å². The molecular weight excluding hydrogens is 378 g/mol. The highest BCUT2D eigenvalue weighted by atomic mass is 16.2. The maximum absolute atomic E-state index is 12.9. The summed E-state index contributed by atoms with van der Waals surface area (Å²) in [6.07, 6.45) is 4.44. The van der Waals surface area contributed by atoms with Crippen LogP contribution in [0.2, 0.25) is 0 Å². The fourth-order valence-electron chi connectivity index (χ4n) is 4.47. The van der Waals surface area contributed by atoms with Crippen LogP contribution in [0.4, 0.5) is 5.69 Å². The summed E-state index contributed by atoms with van der Waals surface area (Å²) in [4.78, 5) is 31.4. The highest BCUT2D eigenvalue weighted by Gasteiger charge is 2.27. The van der Waals surface area contributed by atoms with Crippen molar-refractivity contribution >= 4 is 11.6 Å². The smallest absolute Gasteiger partial charge is 0.268 e. The summed E-state index contributed by atoms with van der Waals surface area (Å²) in [6, 6.07) is 12.1. The topological polar surface area (TPSA) is 61.7 Å². The molecular formula is C23H31N5O2. The van der Waals surface area contributed by atoms with Crippen LogP contribution in [0.15, 0.2) is 47.4 Å². The van der Waals surface area contributed by atoms with E-state index < -0.39 is 0 Å². The van der Waals surface area contributed by atoms with Gasteiger partial charge in [0.05, 0.1) is 11.9 Å². The summed E-state index contributed by atoms with van der Waals surface area (Å²) in [7, 11) is 1.66. The maximum atomic E-state index is 12.9. The average Bonchev–Trinajstić information content (AvgIpc) is 2.77. The number of piperidine rings is 1. The van der Waals surface area contributed by atoms with Crippen LogP contribution >= 0.6 is 0 Å². The molecule has 2 aliphatic heterocycles. The summed E-state index contributed by atoms with van der Waals surface area (Å²) in [5.74, 6) is 0.598. The number of benzene rings is 1. The maximum Gasteiger partial charge on any atom is 0.268 e. The molecule has 7 nitrogen and oxygen atoms in total. The molecule has 2 fully saturated rings. The van der Waals surface area contributed by atoms with Gasteiger partial charge in [-0.25, -0.2) is 4.68 Å². The molecule has 2 saturated heterocycles. The molecule has 1 aromatic heterocycles. The fourth-order valence-corrected chi connectivity index (χ4v) is 4.47. The number of aryl methyl sites for hydroxylation is 1. The van der Waals surface area contributed by atoms with Gasteiger partial charge in [-0.05, 0) is 24.3 Å².